The predicted molar refractivity (Wildman–Crippen MR) is 94.7 cm³/mol. The number of aliphatic hydroxyl groups is 1. The number of nitrogens with zero attached hydrogens (tertiary/aromatic N) is 1. The van der Waals surface area contributed by atoms with Crippen molar-refractivity contribution in [2.24, 2.45) is 5.92 Å². The van der Waals surface area contributed by atoms with Gasteiger partial charge in [0.1, 0.15) is 11.5 Å². The highest BCUT2D eigenvalue weighted by Gasteiger charge is 2.65. The number of aromatic hydroxyl groups is 1. The Morgan fingerprint density at radius 3 is 2.84 bits per heavy atom. The van der Waals surface area contributed by atoms with Crippen molar-refractivity contribution in [1.82, 2.24) is 4.90 Å². The smallest absolute Gasteiger partial charge is 0.134 e. The molecule has 2 N–H and O–H groups in total. The van der Waals surface area contributed by atoms with Gasteiger partial charge in [-0.2, -0.15) is 0 Å². The van der Waals surface area contributed by atoms with Gasteiger partial charge in [-0.1, -0.05) is 12.1 Å². The second kappa shape index (κ2) is 5.08. The summed E-state index contributed by atoms with van der Waals surface area (Å²) in [6, 6.07) is 4.16. The number of phenols is 1. The molecule has 0 radical (unpaired) electrons. The lowest BCUT2D eigenvalue weighted by molar-refractivity contribution is -0.173. The van der Waals surface area contributed by atoms with Crippen LogP contribution in [0.15, 0.2) is 12.1 Å². The minimum atomic E-state index is -0.897. The molecule has 4 nitrogen and oxygen atoms in total. The Hall–Kier alpha value is -1.39. The molecule has 3 atom stereocenters. The summed E-state index contributed by atoms with van der Waals surface area (Å²) < 4.78 is 0. The molecule has 3 fully saturated rings. The normalized spacial score (nSPS) is 37.5. The molecule has 3 aliphatic carbocycles. The third-order valence-corrected chi connectivity index (χ3v) is 7.48. The number of benzene rings is 1. The molecular weight excluding hydrogens is 314 g/mol. The minimum absolute atomic E-state index is 0.0737. The summed E-state index contributed by atoms with van der Waals surface area (Å²) >= 11 is 0. The molecule has 1 saturated heterocycles. The Kier molecular flexibility index (Phi) is 3.21. The maximum Gasteiger partial charge on any atom is 0.134 e. The van der Waals surface area contributed by atoms with Gasteiger partial charge in [0.15, 0.2) is 0 Å². The maximum atomic E-state index is 12.4. The van der Waals surface area contributed by atoms with Gasteiger partial charge in [-0.15, -0.1) is 0 Å². The van der Waals surface area contributed by atoms with Gasteiger partial charge in [-0.25, -0.2) is 0 Å². The van der Waals surface area contributed by atoms with Crippen molar-refractivity contribution in [3.05, 3.63) is 28.8 Å². The molecule has 1 aromatic rings. The number of fused-ring (bicyclic) bond motifs is 1. The minimum Gasteiger partial charge on any atom is -0.507 e. The fourth-order valence-electron chi connectivity index (χ4n) is 5.96. The van der Waals surface area contributed by atoms with Gasteiger partial charge in [-0.05, 0) is 62.6 Å². The zero-order valence-corrected chi connectivity index (χ0v) is 14.9. The SMILES string of the molecule is Cc1ccc2c(c1O)C13CCN(CC4CC4)C(C2)C1(O)CCC(=O)C3. The molecule has 2 bridgehead atoms. The molecule has 4 heteroatoms. The Morgan fingerprint density at radius 2 is 2.08 bits per heavy atom. The van der Waals surface area contributed by atoms with Crippen molar-refractivity contribution >= 4 is 5.78 Å². The zero-order valence-electron chi connectivity index (χ0n) is 14.9. The molecule has 2 saturated carbocycles. The summed E-state index contributed by atoms with van der Waals surface area (Å²) in [6.45, 7) is 3.90. The van der Waals surface area contributed by atoms with Crippen molar-refractivity contribution in [2.75, 3.05) is 13.1 Å². The van der Waals surface area contributed by atoms with Crippen LogP contribution in [0.2, 0.25) is 0 Å². The van der Waals surface area contributed by atoms with E-state index < -0.39 is 11.0 Å². The predicted octanol–water partition coefficient (Wildman–Crippen LogP) is 2.46. The highest BCUT2D eigenvalue weighted by Crippen LogP contribution is 2.60. The molecule has 0 aromatic heterocycles. The van der Waals surface area contributed by atoms with Crippen LogP contribution in [0.1, 0.15) is 55.2 Å². The molecule has 5 rings (SSSR count). The number of carbonyl (C=O) groups excluding carboxylic acids is 1. The monoisotopic (exact) mass is 341 g/mol. The fourth-order valence-corrected chi connectivity index (χ4v) is 5.96. The molecule has 1 aliphatic heterocycles. The maximum absolute atomic E-state index is 12.4. The lowest BCUT2D eigenvalue weighted by atomic mass is 9.49. The van der Waals surface area contributed by atoms with Gasteiger partial charge in [0.25, 0.3) is 0 Å². The van der Waals surface area contributed by atoms with E-state index in [9.17, 15) is 15.0 Å². The lowest BCUT2D eigenvalue weighted by Gasteiger charge is -2.63. The zero-order chi connectivity index (χ0) is 17.4. The van der Waals surface area contributed by atoms with Gasteiger partial charge in [0.05, 0.1) is 5.60 Å². The Labute approximate surface area is 148 Å². The molecule has 0 spiro atoms. The first-order valence-corrected chi connectivity index (χ1v) is 9.75. The Balaban J connectivity index is 1.69. The van der Waals surface area contributed by atoms with E-state index in [0.29, 0.717) is 25.0 Å². The third kappa shape index (κ3) is 2.04. The van der Waals surface area contributed by atoms with Crippen molar-refractivity contribution in [1.29, 1.82) is 0 Å². The van der Waals surface area contributed by atoms with Crippen LogP contribution in [-0.4, -0.2) is 45.6 Å². The average Bonchev–Trinajstić information content (AvgIpc) is 3.38. The highest BCUT2D eigenvalue weighted by atomic mass is 16.3. The summed E-state index contributed by atoms with van der Waals surface area (Å²) in [7, 11) is 0. The Morgan fingerprint density at radius 1 is 1.28 bits per heavy atom. The van der Waals surface area contributed by atoms with E-state index >= 15 is 0 Å². The van der Waals surface area contributed by atoms with Crippen molar-refractivity contribution in [3.63, 3.8) is 0 Å². The number of carbonyl (C=O) groups is 1. The van der Waals surface area contributed by atoms with Crippen LogP contribution in [0, 0.1) is 12.8 Å². The summed E-state index contributed by atoms with van der Waals surface area (Å²) in [5, 5.41) is 22.8. The van der Waals surface area contributed by atoms with Crippen LogP contribution in [0.4, 0.5) is 0 Å². The summed E-state index contributed by atoms with van der Waals surface area (Å²) in [5.41, 5.74) is 1.36. The van der Waals surface area contributed by atoms with Crippen LogP contribution in [0.25, 0.3) is 0 Å². The van der Waals surface area contributed by atoms with Crippen LogP contribution >= 0.6 is 0 Å². The molecule has 134 valence electrons. The van der Waals surface area contributed by atoms with Crippen LogP contribution < -0.4 is 0 Å². The number of likely N-dealkylation sites (tertiary alicyclic amines) is 1. The first kappa shape index (κ1) is 15.8. The van der Waals surface area contributed by atoms with Gasteiger partial charge >= 0.3 is 0 Å². The van der Waals surface area contributed by atoms with Gasteiger partial charge in [-0.3, -0.25) is 9.69 Å². The number of Topliss-reactive ketones (excluding diaryl/α,β-unsaturated/α-hetero) is 1. The molecule has 0 amide bonds. The van der Waals surface area contributed by atoms with E-state index in [1.165, 1.54) is 12.8 Å². The number of hydrogen-bond acceptors (Lipinski definition) is 4. The van der Waals surface area contributed by atoms with E-state index in [1.807, 2.05) is 13.0 Å². The topological polar surface area (TPSA) is 60.8 Å². The van der Waals surface area contributed by atoms with Crippen LogP contribution in [0.3, 0.4) is 0 Å². The largest absolute Gasteiger partial charge is 0.507 e. The van der Waals surface area contributed by atoms with E-state index in [2.05, 4.69) is 11.0 Å². The lowest BCUT2D eigenvalue weighted by Crippen LogP contribution is -2.73. The molecular formula is C21H27NO3. The molecule has 25 heavy (non-hydrogen) atoms. The van der Waals surface area contributed by atoms with Crippen molar-refractivity contribution < 1.29 is 15.0 Å². The van der Waals surface area contributed by atoms with Crippen LogP contribution in [-0.2, 0) is 16.6 Å². The number of piperidine rings is 1. The molecule has 3 unspecified atom stereocenters. The number of aryl methyl sites for hydroxylation is 1. The number of phenolic OH excluding ortho intramolecular Hbond substituents is 1. The number of rotatable bonds is 2. The average molecular weight is 341 g/mol. The highest BCUT2D eigenvalue weighted by molar-refractivity contribution is 5.83. The number of ketones is 1. The third-order valence-electron chi connectivity index (χ3n) is 7.48. The first-order valence-electron chi connectivity index (χ1n) is 9.75. The van der Waals surface area contributed by atoms with E-state index in [0.717, 1.165) is 48.5 Å². The van der Waals surface area contributed by atoms with E-state index in [1.54, 1.807) is 0 Å². The van der Waals surface area contributed by atoms with Gasteiger partial charge in [0.2, 0.25) is 0 Å². The van der Waals surface area contributed by atoms with Crippen LogP contribution in [0.5, 0.6) is 5.75 Å². The second-order valence-corrected chi connectivity index (χ2v) is 8.90. The summed E-state index contributed by atoms with van der Waals surface area (Å²) in [4.78, 5) is 14.9. The summed E-state index contributed by atoms with van der Waals surface area (Å²) in [5.74, 6) is 1.32. The first-order chi connectivity index (χ1) is 11.9. The molecule has 1 heterocycles. The Bertz CT molecular complexity index is 756. The summed E-state index contributed by atoms with van der Waals surface area (Å²) in [6.07, 6.45) is 5.54. The van der Waals surface area contributed by atoms with Gasteiger partial charge < -0.3 is 10.2 Å². The second-order valence-electron chi connectivity index (χ2n) is 8.90. The van der Waals surface area contributed by atoms with Crippen molar-refractivity contribution in [3.8, 4) is 5.75 Å². The molecule has 4 aliphatic rings. The van der Waals surface area contributed by atoms with Gasteiger partial charge in [0, 0.05) is 36.4 Å². The number of hydrogen-bond donors (Lipinski definition) is 2. The fraction of sp³-hybridized carbons (Fsp3) is 0.667. The standard InChI is InChI=1S/C21H27NO3/c1-13-2-5-15-10-17-21(25)7-6-16(23)11-20(21,18(15)19(13)24)8-9-22(17)12-14-3-4-14/h2,5,14,17,24-25H,3-4,6-12H2,1H3. The molecule has 1 aromatic carbocycles. The van der Waals surface area contributed by atoms with Crippen molar-refractivity contribution in [2.45, 2.75) is 68.9 Å². The van der Waals surface area contributed by atoms with E-state index in [4.69, 9.17) is 0 Å². The van der Waals surface area contributed by atoms with E-state index in [-0.39, 0.29) is 11.8 Å². The quantitative estimate of drug-likeness (QED) is 0.867.